The van der Waals surface area contributed by atoms with E-state index in [1.54, 1.807) is 12.1 Å². The van der Waals surface area contributed by atoms with Gasteiger partial charge in [-0.2, -0.15) is 0 Å². The van der Waals surface area contributed by atoms with Crippen LogP contribution in [0.4, 0.5) is 0 Å². The number of nitrogens with zero attached hydrogens (tertiary/aromatic N) is 1. The van der Waals surface area contributed by atoms with Gasteiger partial charge in [-0.1, -0.05) is 6.08 Å². The van der Waals surface area contributed by atoms with Gasteiger partial charge in [-0.25, -0.2) is 0 Å². The summed E-state index contributed by atoms with van der Waals surface area (Å²) in [5.41, 5.74) is 0.791. The van der Waals surface area contributed by atoms with Crippen LogP contribution in [-0.4, -0.2) is 41.3 Å². The standard InChI is InChI=1S/C13H18N2O2/c1-2-12(15-7-5-14-6-8-15)11-4-3-10(16)9-13(11)17/h2-4,9,12,14,16-17H,1,5-8H2/t12-/m1/s1. The second-order valence-corrected chi connectivity index (χ2v) is 4.21. The lowest BCUT2D eigenvalue weighted by Crippen LogP contribution is -2.44. The third-order valence-corrected chi connectivity index (χ3v) is 3.10. The molecule has 2 rings (SSSR count). The Morgan fingerprint density at radius 2 is 2.00 bits per heavy atom. The first-order chi connectivity index (χ1) is 8.22. The smallest absolute Gasteiger partial charge is 0.124 e. The molecule has 1 saturated heterocycles. The predicted octanol–water partition coefficient (Wildman–Crippen LogP) is 1.23. The third-order valence-electron chi connectivity index (χ3n) is 3.10. The number of hydrogen-bond acceptors (Lipinski definition) is 4. The number of phenolic OH excluding ortho intramolecular Hbond substituents is 2. The van der Waals surface area contributed by atoms with E-state index >= 15 is 0 Å². The van der Waals surface area contributed by atoms with Crippen LogP contribution < -0.4 is 5.32 Å². The number of benzene rings is 1. The molecule has 0 amide bonds. The molecule has 1 aromatic carbocycles. The van der Waals surface area contributed by atoms with Crippen molar-refractivity contribution in [1.29, 1.82) is 0 Å². The van der Waals surface area contributed by atoms with Crippen LogP contribution in [0.5, 0.6) is 11.5 Å². The Hall–Kier alpha value is -1.52. The molecule has 0 radical (unpaired) electrons. The fourth-order valence-electron chi connectivity index (χ4n) is 2.22. The van der Waals surface area contributed by atoms with Gasteiger partial charge in [0.05, 0.1) is 6.04 Å². The molecule has 0 aromatic heterocycles. The molecular weight excluding hydrogens is 216 g/mol. The highest BCUT2D eigenvalue weighted by Gasteiger charge is 2.21. The largest absolute Gasteiger partial charge is 0.508 e. The number of hydrogen-bond donors (Lipinski definition) is 3. The molecule has 4 heteroatoms. The fraction of sp³-hybridized carbons (Fsp3) is 0.385. The Morgan fingerprint density at radius 1 is 1.29 bits per heavy atom. The molecule has 92 valence electrons. The van der Waals surface area contributed by atoms with Crippen LogP contribution in [-0.2, 0) is 0 Å². The van der Waals surface area contributed by atoms with E-state index in [1.165, 1.54) is 6.07 Å². The maximum Gasteiger partial charge on any atom is 0.124 e. The number of rotatable bonds is 3. The summed E-state index contributed by atoms with van der Waals surface area (Å²) >= 11 is 0. The quantitative estimate of drug-likeness (QED) is 0.689. The molecule has 0 saturated carbocycles. The average Bonchev–Trinajstić information content (AvgIpc) is 2.34. The summed E-state index contributed by atoms with van der Waals surface area (Å²) in [6.45, 7) is 7.59. The van der Waals surface area contributed by atoms with E-state index in [1.807, 2.05) is 6.08 Å². The van der Waals surface area contributed by atoms with Gasteiger partial charge >= 0.3 is 0 Å². The minimum atomic E-state index is -0.00213. The van der Waals surface area contributed by atoms with Gasteiger partial charge in [0.25, 0.3) is 0 Å². The lowest BCUT2D eigenvalue weighted by molar-refractivity contribution is 0.201. The number of aromatic hydroxyl groups is 2. The van der Waals surface area contributed by atoms with Crippen molar-refractivity contribution in [3.05, 3.63) is 36.4 Å². The van der Waals surface area contributed by atoms with Crippen LogP contribution in [0.2, 0.25) is 0 Å². The van der Waals surface area contributed by atoms with Crippen molar-refractivity contribution in [2.45, 2.75) is 6.04 Å². The highest BCUT2D eigenvalue weighted by atomic mass is 16.3. The van der Waals surface area contributed by atoms with Crippen molar-refractivity contribution in [3.8, 4) is 11.5 Å². The molecule has 3 N–H and O–H groups in total. The Labute approximate surface area is 101 Å². The molecule has 1 aliphatic heterocycles. The first-order valence-corrected chi connectivity index (χ1v) is 5.81. The number of piperazine rings is 1. The molecule has 0 unspecified atom stereocenters. The van der Waals surface area contributed by atoms with Crippen LogP contribution in [0.15, 0.2) is 30.9 Å². The zero-order chi connectivity index (χ0) is 12.3. The molecule has 0 spiro atoms. The summed E-state index contributed by atoms with van der Waals surface area (Å²) in [6, 6.07) is 4.71. The maximum atomic E-state index is 9.87. The van der Waals surface area contributed by atoms with E-state index < -0.39 is 0 Å². The highest BCUT2D eigenvalue weighted by molar-refractivity contribution is 5.42. The van der Waals surface area contributed by atoms with E-state index in [4.69, 9.17) is 0 Å². The van der Waals surface area contributed by atoms with Crippen LogP contribution >= 0.6 is 0 Å². The van der Waals surface area contributed by atoms with Crippen molar-refractivity contribution in [2.24, 2.45) is 0 Å². The van der Waals surface area contributed by atoms with Crippen LogP contribution in [0.3, 0.4) is 0 Å². The van der Waals surface area contributed by atoms with Crippen molar-refractivity contribution in [2.75, 3.05) is 26.2 Å². The average molecular weight is 234 g/mol. The Morgan fingerprint density at radius 3 is 2.59 bits per heavy atom. The van der Waals surface area contributed by atoms with Crippen molar-refractivity contribution in [3.63, 3.8) is 0 Å². The van der Waals surface area contributed by atoms with Gasteiger partial charge in [-0.15, -0.1) is 6.58 Å². The molecule has 1 fully saturated rings. The van der Waals surface area contributed by atoms with E-state index in [2.05, 4.69) is 16.8 Å². The molecule has 17 heavy (non-hydrogen) atoms. The lowest BCUT2D eigenvalue weighted by atomic mass is 10.0. The van der Waals surface area contributed by atoms with Crippen molar-refractivity contribution < 1.29 is 10.2 Å². The maximum absolute atomic E-state index is 9.87. The van der Waals surface area contributed by atoms with Gasteiger partial charge in [0.1, 0.15) is 11.5 Å². The zero-order valence-corrected chi connectivity index (χ0v) is 9.76. The topological polar surface area (TPSA) is 55.7 Å². The number of nitrogens with one attached hydrogen (secondary N) is 1. The van der Waals surface area contributed by atoms with Gasteiger partial charge in [0.15, 0.2) is 0 Å². The lowest BCUT2D eigenvalue weighted by Gasteiger charge is -2.33. The van der Waals surface area contributed by atoms with Crippen LogP contribution in [0.1, 0.15) is 11.6 Å². The summed E-state index contributed by atoms with van der Waals surface area (Å²) in [5, 5.41) is 22.5. The van der Waals surface area contributed by atoms with Crippen LogP contribution in [0, 0.1) is 0 Å². The third kappa shape index (κ3) is 2.60. The monoisotopic (exact) mass is 234 g/mol. The van der Waals surface area contributed by atoms with E-state index in [-0.39, 0.29) is 17.5 Å². The van der Waals surface area contributed by atoms with Crippen molar-refractivity contribution >= 4 is 0 Å². The molecule has 0 bridgehead atoms. The van der Waals surface area contributed by atoms with Gasteiger partial charge in [-0.3, -0.25) is 4.90 Å². The number of phenols is 2. The van der Waals surface area contributed by atoms with E-state index in [9.17, 15) is 10.2 Å². The molecular formula is C13H18N2O2. The second-order valence-electron chi connectivity index (χ2n) is 4.21. The second kappa shape index (κ2) is 5.21. The molecule has 4 nitrogen and oxygen atoms in total. The molecule has 1 atom stereocenters. The minimum Gasteiger partial charge on any atom is -0.508 e. The first-order valence-electron chi connectivity index (χ1n) is 5.81. The fourth-order valence-corrected chi connectivity index (χ4v) is 2.22. The summed E-state index contributed by atoms with van der Waals surface area (Å²) in [5.74, 6) is 0.197. The summed E-state index contributed by atoms with van der Waals surface area (Å²) in [4.78, 5) is 2.26. The van der Waals surface area contributed by atoms with E-state index in [0.29, 0.717) is 0 Å². The molecule has 0 aliphatic carbocycles. The summed E-state index contributed by atoms with van der Waals surface area (Å²) in [6.07, 6.45) is 1.83. The van der Waals surface area contributed by atoms with Gasteiger partial charge < -0.3 is 15.5 Å². The zero-order valence-electron chi connectivity index (χ0n) is 9.76. The normalized spacial score (nSPS) is 18.8. The van der Waals surface area contributed by atoms with Gasteiger partial charge in [0.2, 0.25) is 0 Å². The van der Waals surface area contributed by atoms with Gasteiger partial charge in [-0.05, 0) is 12.1 Å². The first kappa shape index (κ1) is 12.0. The summed E-state index contributed by atoms with van der Waals surface area (Å²) < 4.78 is 0. The van der Waals surface area contributed by atoms with Gasteiger partial charge in [0, 0.05) is 37.8 Å². The minimum absolute atomic E-state index is 0.00213. The Kier molecular flexibility index (Phi) is 3.66. The molecule has 1 aromatic rings. The SMILES string of the molecule is C=C[C@H](c1ccc(O)cc1O)N1CCNCC1. The highest BCUT2D eigenvalue weighted by Crippen LogP contribution is 2.32. The van der Waals surface area contributed by atoms with E-state index in [0.717, 1.165) is 31.7 Å². The molecule has 1 heterocycles. The van der Waals surface area contributed by atoms with Crippen molar-refractivity contribution in [1.82, 2.24) is 10.2 Å². The van der Waals surface area contributed by atoms with Crippen LogP contribution in [0.25, 0.3) is 0 Å². The Balaban J connectivity index is 2.24. The molecule has 1 aliphatic rings. The summed E-state index contributed by atoms with van der Waals surface area (Å²) in [7, 11) is 0. The predicted molar refractivity (Wildman–Crippen MR) is 67.2 cm³/mol. The Bertz CT molecular complexity index is 400.